The first-order chi connectivity index (χ1) is 7.10. The van der Waals surface area contributed by atoms with Crippen LogP contribution in [0.25, 0.3) is 0 Å². The Morgan fingerprint density at radius 1 is 0.867 bits per heavy atom. The highest BCUT2D eigenvalue weighted by atomic mass is 16.3. The van der Waals surface area contributed by atoms with Gasteiger partial charge in [0.2, 0.25) is 0 Å². The average Bonchev–Trinajstić information content (AvgIpc) is 2.30. The average molecular weight is 224 g/mol. The molecule has 15 heavy (non-hydrogen) atoms. The second-order valence-electron chi connectivity index (χ2n) is 3.16. The van der Waals surface area contributed by atoms with Crippen molar-refractivity contribution < 1.29 is 15.3 Å². The second-order valence-corrected chi connectivity index (χ2v) is 3.16. The number of rotatable bonds is 7. The van der Waals surface area contributed by atoms with Gasteiger partial charge in [-0.2, -0.15) is 0 Å². The SMILES string of the molecule is NC(CO)(CO)CO.NCCNCCN. The van der Waals surface area contributed by atoms with E-state index in [-0.39, 0.29) is 0 Å². The van der Waals surface area contributed by atoms with Crippen LogP contribution in [0.1, 0.15) is 0 Å². The topological polar surface area (TPSA) is 151 Å². The van der Waals surface area contributed by atoms with E-state index < -0.39 is 25.4 Å². The zero-order valence-electron chi connectivity index (χ0n) is 9.02. The van der Waals surface area contributed by atoms with Crippen LogP contribution in [-0.2, 0) is 0 Å². The molecule has 7 heteroatoms. The summed E-state index contributed by atoms with van der Waals surface area (Å²) < 4.78 is 0. The summed E-state index contributed by atoms with van der Waals surface area (Å²) in [4.78, 5) is 0. The van der Waals surface area contributed by atoms with Gasteiger partial charge in [-0.15, -0.1) is 0 Å². The summed E-state index contributed by atoms with van der Waals surface area (Å²) in [5, 5.41) is 28.1. The number of aliphatic hydroxyl groups is 3. The normalized spacial score (nSPS) is 10.8. The summed E-state index contributed by atoms with van der Waals surface area (Å²) in [6, 6.07) is 0. The van der Waals surface area contributed by atoms with Crippen molar-refractivity contribution in [3.05, 3.63) is 0 Å². The lowest BCUT2D eigenvalue weighted by atomic mass is 10.1. The first-order valence-electron chi connectivity index (χ1n) is 4.82. The van der Waals surface area contributed by atoms with E-state index in [0.29, 0.717) is 13.1 Å². The lowest BCUT2D eigenvalue weighted by Crippen LogP contribution is -2.50. The Kier molecular flexibility index (Phi) is 13.5. The van der Waals surface area contributed by atoms with Gasteiger partial charge in [0.05, 0.1) is 25.4 Å². The molecule has 0 amide bonds. The lowest BCUT2D eigenvalue weighted by molar-refractivity contribution is 0.0698. The van der Waals surface area contributed by atoms with Crippen molar-refractivity contribution in [1.29, 1.82) is 0 Å². The van der Waals surface area contributed by atoms with Crippen LogP contribution in [0, 0.1) is 0 Å². The van der Waals surface area contributed by atoms with E-state index in [2.05, 4.69) is 5.32 Å². The molecule has 0 spiro atoms. The smallest absolute Gasteiger partial charge is 0.0856 e. The minimum atomic E-state index is -1.21. The zero-order valence-corrected chi connectivity index (χ0v) is 9.02. The van der Waals surface area contributed by atoms with Crippen molar-refractivity contribution in [2.24, 2.45) is 17.2 Å². The third-order valence-electron chi connectivity index (χ3n) is 1.59. The standard InChI is InChI=1S/C4H13N3.C4H11NO3/c5-1-3-7-4-2-6;5-4(1-6,2-7)3-8/h7H,1-6H2;6-8H,1-3,5H2. The van der Waals surface area contributed by atoms with Crippen LogP contribution in [0.5, 0.6) is 0 Å². The molecule has 10 N–H and O–H groups in total. The molecule has 0 radical (unpaired) electrons. The van der Waals surface area contributed by atoms with Gasteiger partial charge in [-0.3, -0.25) is 0 Å². The highest BCUT2D eigenvalue weighted by Crippen LogP contribution is 1.93. The molecule has 0 saturated heterocycles. The highest BCUT2D eigenvalue weighted by molar-refractivity contribution is 4.80. The van der Waals surface area contributed by atoms with Gasteiger partial charge in [0.15, 0.2) is 0 Å². The molecule has 0 saturated carbocycles. The molecule has 0 aliphatic heterocycles. The summed E-state index contributed by atoms with van der Waals surface area (Å²) in [5.41, 5.74) is 14.3. The summed E-state index contributed by atoms with van der Waals surface area (Å²) in [6.07, 6.45) is 0. The Labute approximate surface area is 90.3 Å². The molecular weight excluding hydrogens is 200 g/mol. The van der Waals surface area contributed by atoms with Crippen LogP contribution >= 0.6 is 0 Å². The van der Waals surface area contributed by atoms with E-state index in [1.54, 1.807) is 0 Å². The largest absolute Gasteiger partial charge is 0.394 e. The molecule has 7 nitrogen and oxygen atoms in total. The predicted molar refractivity (Wildman–Crippen MR) is 59.2 cm³/mol. The minimum absolute atomic E-state index is 0.403. The van der Waals surface area contributed by atoms with Gasteiger partial charge < -0.3 is 37.8 Å². The molecule has 0 rings (SSSR count). The Hall–Kier alpha value is -0.280. The number of hydrogen-bond acceptors (Lipinski definition) is 7. The maximum absolute atomic E-state index is 8.34. The van der Waals surface area contributed by atoms with Crippen LogP contribution in [0.4, 0.5) is 0 Å². The van der Waals surface area contributed by atoms with Crippen LogP contribution in [-0.4, -0.2) is 66.9 Å². The molecular formula is C8H24N4O3. The van der Waals surface area contributed by atoms with Crippen LogP contribution in [0.3, 0.4) is 0 Å². The molecule has 0 aromatic carbocycles. The third-order valence-corrected chi connectivity index (χ3v) is 1.59. The Balaban J connectivity index is 0. The van der Waals surface area contributed by atoms with Gasteiger partial charge in [0.1, 0.15) is 0 Å². The fourth-order valence-electron chi connectivity index (χ4n) is 0.479. The highest BCUT2D eigenvalue weighted by Gasteiger charge is 2.20. The van der Waals surface area contributed by atoms with Gasteiger partial charge in [0, 0.05) is 26.2 Å². The van der Waals surface area contributed by atoms with Crippen molar-refractivity contribution in [1.82, 2.24) is 5.32 Å². The maximum Gasteiger partial charge on any atom is 0.0856 e. The Bertz CT molecular complexity index is 110. The minimum Gasteiger partial charge on any atom is -0.394 e. The van der Waals surface area contributed by atoms with E-state index in [4.69, 9.17) is 32.5 Å². The Morgan fingerprint density at radius 2 is 1.20 bits per heavy atom. The van der Waals surface area contributed by atoms with Gasteiger partial charge in [0.25, 0.3) is 0 Å². The summed E-state index contributed by atoms with van der Waals surface area (Å²) >= 11 is 0. The third kappa shape index (κ3) is 11.6. The molecule has 0 unspecified atom stereocenters. The molecule has 0 aliphatic carbocycles. The molecule has 0 heterocycles. The van der Waals surface area contributed by atoms with Crippen molar-refractivity contribution in [2.75, 3.05) is 46.0 Å². The van der Waals surface area contributed by atoms with Crippen molar-refractivity contribution in [2.45, 2.75) is 5.54 Å². The maximum atomic E-state index is 8.34. The van der Waals surface area contributed by atoms with Crippen LogP contribution < -0.4 is 22.5 Å². The summed E-state index contributed by atoms with van der Waals surface area (Å²) in [7, 11) is 0. The quantitative estimate of drug-likeness (QED) is 0.219. The molecule has 0 aromatic rings. The predicted octanol–water partition coefficient (Wildman–Crippen LogP) is -3.85. The fraction of sp³-hybridized carbons (Fsp3) is 1.00. The first-order valence-corrected chi connectivity index (χ1v) is 4.82. The van der Waals surface area contributed by atoms with Crippen molar-refractivity contribution in [3.8, 4) is 0 Å². The molecule has 0 bridgehead atoms. The fourth-order valence-corrected chi connectivity index (χ4v) is 0.479. The zero-order chi connectivity index (χ0) is 12.2. The Morgan fingerprint density at radius 3 is 1.33 bits per heavy atom. The second kappa shape index (κ2) is 11.8. The van der Waals surface area contributed by atoms with E-state index in [9.17, 15) is 0 Å². The van der Waals surface area contributed by atoms with Gasteiger partial charge in [-0.05, 0) is 0 Å². The van der Waals surface area contributed by atoms with Gasteiger partial charge in [-0.25, -0.2) is 0 Å². The summed E-state index contributed by atoms with van der Waals surface area (Å²) in [5.74, 6) is 0. The number of aliphatic hydroxyl groups excluding tert-OH is 3. The number of nitrogens with one attached hydrogen (secondary N) is 1. The van der Waals surface area contributed by atoms with Crippen LogP contribution in [0.15, 0.2) is 0 Å². The molecule has 0 aromatic heterocycles. The molecule has 94 valence electrons. The number of hydrogen-bond donors (Lipinski definition) is 7. The van der Waals surface area contributed by atoms with E-state index in [1.165, 1.54) is 0 Å². The first kappa shape index (κ1) is 17.1. The number of nitrogens with two attached hydrogens (primary N) is 3. The van der Waals surface area contributed by atoms with E-state index in [1.807, 2.05) is 0 Å². The van der Waals surface area contributed by atoms with E-state index >= 15 is 0 Å². The summed E-state index contributed by atoms with van der Waals surface area (Å²) in [6.45, 7) is 1.93. The molecule has 0 aliphatic rings. The van der Waals surface area contributed by atoms with Crippen molar-refractivity contribution in [3.63, 3.8) is 0 Å². The molecule has 0 fully saturated rings. The van der Waals surface area contributed by atoms with E-state index in [0.717, 1.165) is 13.1 Å². The van der Waals surface area contributed by atoms with Gasteiger partial charge >= 0.3 is 0 Å². The van der Waals surface area contributed by atoms with Crippen LogP contribution in [0.2, 0.25) is 0 Å². The molecule has 0 atom stereocenters. The van der Waals surface area contributed by atoms with Gasteiger partial charge in [-0.1, -0.05) is 0 Å². The monoisotopic (exact) mass is 224 g/mol. The lowest BCUT2D eigenvalue weighted by Gasteiger charge is -2.20. The van der Waals surface area contributed by atoms with Crippen molar-refractivity contribution >= 4 is 0 Å².